The van der Waals surface area contributed by atoms with Gasteiger partial charge in [-0.15, -0.1) is 0 Å². The molecule has 0 fully saturated rings. The van der Waals surface area contributed by atoms with Crippen LogP contribution in [0.1, 0.15) is 31.4 Å². The van der Waals surface area contributed by atoms with E-state index in [4.69, 9.17) is 4.74 Å². The first-order valence-corrected chi connectivity index (χ1v) is 5.86. The molecule has 0 aromatic heterocycles. The normalized spacial score (nSPS) is 13.4. The van der Waals surface area contributed by atoms with Gasteiger partial charge in [0.25, 0.3) is 0 Å². The summed E-state index contributed by atoms with van der Waals surface area (Å²) in [4.78, 5) is 0. The molecule has 1 N–H and O–H groups in total. The summed E-state index contributed by atoms with van der Waals surface area (Å²) in [5.74, 6) is 0.767. The summed E-state index contributed by atoms with van der Waals surface area (Å²) in [7, 11) is 1.59. The maximum absolute atomic E-state index is 11.9. The molecule has 0 spiro atoms. The summed E-state index contributed by atoms with van der Waals surface area (Å²) in [6.07, 6.45) is -4.70. The van der Waals surface area contributed by atoms with Gasteiger partial charge >= 0.3 is 6.18 Å². The van der Waals surface area contributed by atoms with Crippen LogP contribution in [0.4, 0.5) is 13.2 Å². The van der Waals surface area contributed by atoms with Gasteiger partial charge in [-0.2, -0.15) is 13.2 Å². The van der Waals surface area contributed by atoms with Gasteiger partial charge < -0.3 is 10.1 Å². The Morgan fingerprint density at radius 3 is 2.33 bits per heavy atom. The van der Waals surface area contributed by atoms with Crippen molar-refractivity contribution < 1.29 is 17.9 Å². The van der Waals surface area contributed by atoms with E-state index >= 15 is 0 Å². The standard InChI is InChI=1S/C13H18F3NO/c1-10(17-9-3-8-13(14,15)16)11-4-6-12(18-2)7-5-11/h4-7,10,17H,3,8-9H2,1-2H3/t10-/m1/s1. The van der Waals surface area contributed by atoms with Gasteiger partial charge in [-0.05, 0) is 37.6 Å². The van der Waals surface area contributed by atoms with E-state index in [0.717, 1.165) is 11.3 Å². The van der Waals surface area contributed by atoms with Crippen LogP contribution < -0.4 is 10.1 Å². The SMILES string of the molecule is COc1ccc([C@@H](C)NCCCC(F)(F)F)cc1. The smallest absolute Gasteiger partial charge is 0.389 e. The molecule has 102 valence electrons. The van der Waals surface area contributed by atoms with Crippen molar-refractivity contribution >= 4 is 0 Å². The molecular formula is C13H18F3NO. The Morgan fingerprint density at radius 2 is 1.83 bits per heavy atom. The highest BCUT2D eigenvalue weighted by atomic mass is 19.4. The first kappa shape index (κ1) is 14.8. The molecule has 2 nitrogen and oxygen atoms in total. The van der Waals surface area contributed by atoms with Gasteiger partial charge in [-0.1, -0.05) is 12.1 Å². The van der Waals surface area contributed by atoms with E-state index in [2.05, 4.69) is 5.32 Å². The van der Waals surface area contributed by atoms with Crippen LogP contribution in [-0.2, 0) is 0 Å². The van der Waals surface area contributed by atoms with Crippen LogP contribution in [0.3, 0.4) is 0 Å². The third-order valence-electron chi connectivity index (χ3n) is 2.70. The third kappa shape index (κ3) is 5.40. The molecule has 1 aromatic carbocycles. The Kier molecular flexibility index (Phi) is 5.47. The fraction of sp³-hybridized carbons (Fsp3) is 0.538. The molecule has 1 aromatic rings. The number of hydrogen-bond donors (Lipinski definition) is 1. The summed E-state index contributed by atoms with van der Waals surface area (Å²) < 4.78 is 40.9. The molecule has 0 aliphatic rings. The first-order valence-electron chi connectivity index (χ1n) is 5.86. The molecule has 0 aliphatic carbocycles. The fourth-order valence-corrected chi connectivity index (χ4v) is 1.62. The Morgan fingerprint density at radius 1 is 1.22 bits per heavy atom. The van der Waals surface area contributed by atoms with Crippen LogP contribution >= 0.6 is 0 Å². The van der Waals surface area contributed by atoms with E-state index in [-0.39, 0.29) is 12.5 Å². The van der Waals surface area contributed by atoms with Gasteiger partial charge in [0, 0.05) is 12.5 Å². The lowest BCUT2D eigenvalue weighted by Gasteiger charge is -2.15. The minimum Gasteiger partial charge on any atom is -0.497 e. The number of nitrogens with one attached hydrogen (secondary N) is 1. The van der Waals surface area contributed by atoms with Crippen molar-refractivity contribution in [1.29, 1.82) is 0 Å². The summed E-state index contributed by atoms with van der Waals surface area (Å²) in [5.41, 5.74) is 1.03. The van der Waals surface area contributed by atoms with Crippen molar-refractivity contribution in [2.75, 3.05) is 13.7 Å². The van der Waals surface area contributed by atoms with E-state index < -0.39 is 12.6 Å². The summed E-state index contributed by atoms with van der Waals surface area (Å²) in [6, 6.07) is 7.51. The van der Waals surface area contributed by atoms with Crippen LogP contribution in [0.15, 0.2) is 24.3 Å². The summed E-state index contributed by atoms with van der Waals surface area (Å²) in [6.45, 7) is 2.28. The van der Waals surface area contributed by atoms with Gasteiger partial charge in [0.15, 0.2) is 0 Å². The predicted molar refractivity (Wildman–Crippen MR) is 64.7 cm³/mol. The zero-order valence-corrected chi connectivity index (χ0v) is 10.6. The molecule has 0 amide bonds. The third-order valence-corrected chi connectivity index (χ3v) is 2.70. The maximum atomic E-state index is 11.9. The second-order valence-corrected chi connectivity index (χ2v) is 4.17. The molecule has 0 radical (unpaired) electrons. The van der Waals surface area contributed by atoms with Crippen LogP contribution in [-0.4, -0.2) is 19.8 Å². The molecule has 0 saturated heterocycles. The number of hydrogen-bond acceptors (Lipinski definition) is 2. The lowest BCUT2D eigenvalue weighted by Crippen LogP contribution is -2.21. The lowest BCUT2D eigenvalue weighted by molar-refractivity contribution is -0.135. The van der Waals surface area contributed by atoms with Gasteiger partial charge in [0.05, 0.1) is 7.11 Å². The molecule has 0 unspecified atom stereocenters. The van der Waals surface area contributed by atoms with Crippen molar-refractivity contribution in [1.82, 2.24) is 5.32 Å². The van der Waals surface area contributed by atoms with E-state index in [1.807, 2.05) is 31.2 Å². The molecule has 5 heteroatoms. The topological polar surface area (TPSA) is 21.3 Å². The Bertz CT molecular complexity index is 348. The van der Waals surface area contributed by atoms with E-state index in [1.54, 1.807) is 7.11 Å². The van der Waals surface area contributed by atoms with E-state index in [9.17, 15) is 13.2 Å². The second-order valence-electron chi connectivity index (χ2n) is 4.17. The molecule has 0 saturated carbocycles. The highest BCUT2D eigenvalue weighted by Gasteiger charge is 2.25. The molecule has 0 heterocycles. The van der Waals surface area contributed by atoms with Crippen molar-refractivity contribution in [3.8, 4) is 5.75 Å². The van der Waals surface area contributed by atoms with E-state index in [1.165, 1.54) is 0 Å². The zero-order valence-electron chi connectivity index (χ0n) is 10.6. The minimum atomic E-state index is -4.06. The fourth-order valence-electron chi connectivity index (χ4n) is 1.62. The number of ether oxygens (including phenoxy) is 1. The highest BCUT2D eigenvalue weighted by molar-refractivity contribution is 5.28. The predicted octanol–water partition coefficient (Wildman–Crippen LogP) is 3.69. The van der Waals surface area contributed by atoms with Crippen LogP contribution in [0.25, 0.3) is 0 Å². The molecule has 0 bridgehead atoms. The van der Waals surface area contributed by atoms with Gasteiger partial charge in [0.2, 0.25) is 0 Å². The van der Waals surface area contributed by atoms with Crippen molar-refractivity contribution in [2.24, 2.45) is 0 Å². The highest BCUT2D eigenvalue weighted by Crippen LogP contribution is 2.21. The Labute approximate surface area is 105 Å². The number of methoxy groups -OCH3 is 1. The first-order chi connectivity index (χ1) is 8.42. The van der Waals surface area contributed by atoms with E-state index in [0.29, 0.717) is 6.54 Å². The largest absolute Gasteiger partial charge is 0.497 e. The zero-order chi connectivity index (χ0) is 13.6. The average molecular weight is 261 g/mol. The van der Waals surface area contributed by atoms with Crippen LogP contribution in [0.5, 0.6) is 5.75 Å². The van der Waals surface area contributed by atoms with Crippen molar-refractivity contribution in [2.45, 2.75) is 32.0 Å². The second kappa shape index (κ2) is 6.64. The Balaban J connectivity index is 2.33. The Hall–Kier alpha value is -1.23. The maximum Gasteiger partial charge on any atom is 0.389 e. The molecule has 1 rings (SSSR count). The molecular weight excluding hydrogens is 243 g/mol. The van der Waals surface area contributed by atoms with Gasteiger partial charge in [0.1, 0.15) is 5.75 Å². The van der Waals surface area contributed by atoms with Crippen molar-refractivity contribution in [3.63, 3.8) is 0 Å². The van der Waals surface area contributed by atoms with Crippen LogP contribution in [0, 0.1) is 0 Å². The lowest BCUT2D eigenvalue weighted by atomic mass is 10.1. The summed E-state index contributed by atoms with van der Waals surface area (Å²) in [5, 5.41) is 3.07. The minimum absolute atomic E-state index is 0.0316. The van der Waals surface area contributed by atoms with Crippen molar-refractivity contribution in [3.05, 3.63) is 29.8 Å². The number of rotatable bonds is 6. The quantitative estimate of drug-likeness (QED) is 0.788. The van der Waals surface area contributed by atoms with Gasteiger partial charge in [-0.25, -0.2) is 0 Å². The molecule has 0 aliphatic heterocycles. The monoisotopic (exact) mass is 261 g/mol. The summed E-state index contributed by atoms with van der Waals surface area (Å²) >= 11 is 0. The number of halogens is 3. The molecule has 18 heavy (non-hydrogen) atoms. The molecule has 1 atom stereocenters. The van der Waals surface area contributed by atoms with Crippen LogP contribution in [0.2, 0.25) is 0 Å². The average Bonchev–Trinajstić information content (AvgIpc) is 2.33. The van der Waals surface area contributed by atoms with Gasteiger partial charge in [-0.3, -0.25) is 0 Å². The number of alkyl halides is 3. The number of benzene rings is 1.